The molecule has 4 nitrogen and oxygen atoms in total. The average Bonchev–Trinajstić information content (AvgIpc) is 3.33. The van der Waals surface area contributed by atoms with E-state index in [0.717, 1.165) is 17.5 Å². The van der Waals surface area contributed by atoms with Crippen molar-refractivity contribution < 1.29 is 0 Å². The molecule has 5 heteroatoms. The Morgan fingerprint density at radius 3 is 2.63 bits per heavy atom. The van der Waals surface area contributed by atoms with E-state index < -0.39 is 0 Å². The summed E-state index contributed by atoms with van der Waals surface area (Å²) >= 11 is 1.88. The highest BCUT2D eigenvalue weighted by molar-refractivity contribution is 7.99. The van der Waals surface area contributed by atoms with E-state index in [2.05, 4.69) is 33.9 Å². The van der Waals surface area contributed by atoms with Gasteiger partial charge in [0.25, 0.3) is 0 Å². The molecule has 1 unspecified atom stereocenters. The van der Waals surface area contributed by atoms with Crippen LogP contribution in [-0.2, 0) is 0 Å². The lowest BCUT2D eigenvalue weighted by Gasteiger charge is -2.15. The minimum Gasteiger partial charge on any atom is -0.313 e. The maximum Gasteiger partial charge on any atom is 0.191 e. The van der Waals surface area contributed by atoms with E-state index in [4.69, 9.17) is 0 Å². The van der Waals surface area contributed by atoms with Crippen molar-refractivity contribution in [3.05, 3.63) is 5.82 Å². The number of hydrogen-bond acceptors (Lipinski definition) is 4. The van der Waals surface area contributed by atoms with E-state index in [9.17, 15) is 0 Å². The summed E-state index contributed by atoms with van der Waals surface area (Å²) < 4.78 is 2.45. The molecule has 0 amide bonds. The van der Waals surface area contributed by atoms with E-state index in [1.165, 1.54) is 37.9 Å². The average molecular weight is 280 g/mol. The molecule has 1 heterocycles. The third-order valence-electron chi connectivity index (χ3n) is 3.94. The van der Waals surface area contributed by atoms with Gasteiger partial charge in [-0.3, -0.25) is 0 Å². The van der Waals surface area contributed by atoms with Crippen LogP contribution >= 0.6 is 11.8 Å². The maximum absolute atomic E-state index is 4.46. The molecule has 0 spiro atoms. The Labute approximate surface area is 119 Å². The lowest BCUT2D eigenvalue weighted by Crippen LogP contribution is -2.30. The predicted molar refractivity (Wildman–Crippen MR) is 78.7 cm³/mol. The molecule has 19 heavy (non-hydrogen) atoms. The van der Waals surface area contributed by atoms with Gasteiger partial charge in [0, 0.05) is 23.8 Å². The lowest BCUT2D eigenvalue weighted by atomic mass is 10.2. The smallest absolute Gasteiger partial charge is 0.191 e. The molecule has 1 aromatic heterocycles. The van der Waals surface area contributed by atoms with Crippen LogP contribution in [-0.4, -0.2) is 33.1 Å². The third-order valence-corrected chi connectivity index (χ3v) is 5.05. The molecule has 2 aliphatic carbocycles. The van der Waals surface area contributed by atoms with Gasteiger partial charge in [0.05, 0.1) is 0 Å². The van der Waals surface area contributed by atoms with Crippen molar-refractivity contribution in [1.29, 1.82) is 0 Å². The molecule has 2 aliphatic rings. The second-order valence-corrected chi connectivity index (χ2v) is 6.68. The molecular weight excluding hydrogens is 256 g/mol. The monoisotopic (exact) mass is 280 g/mol. The Kier molecular flexibility index (Phi) is 4.12. The molecule has 0 bridgehead atoms. The molecular formula is C14H24N4S. The van der Waals surface area contributed by atoms with Crippen LogP contribution in [0.3, 0.4) is 0 Å². The van der Waals surface area contributed by atoms with Crippen LogP contribution in [0.25, 0.3) is 0 Å². The molecule has 2 fully saturated rings. The van der Waals surface area contributed by atoms with Gasteiger partial charge in [-0.2, -0.15) is 0 Å². The first-order valence-electron chi connectivity index (χ1n) is 7.64. The van der Waals surface area contributed by atoms with E-state index >= 15 is 0 Å². The highest BCUT2D eigenvalue weighted by Gasteiger charge is 2.36. The van der Waals surface area contributed by atoms with Crippen molar-refractivity contribution in [2.24, 2.45) is 0 Å². The topological polar surface area (TPSA) is 42.7 Å². The molecule has 0 aromatic carbocycles. The summed E-state index contributed by atoms with van der Waals surface area (Å²) in [5.74, 6) is 3.07. The van der Waals surface area contributed by atoms with Gasteiger partial charge in [0.2, 0.25) is 0 Å². The number of hydrogen-bond donors (Lipinski definition) is 1. The van der Waals surface area contributed by atoms with E-state index in [-0.39, 0.29) is 0 Å². The fourth-order valence-electron chi connectivity index (χ4n) is 2.47. The first-order chi connectivity index (χ1) is 9.33. The van der Waals surface area contributed by atoms with Crippen LogP contribution in [0, 0.1) is 0 Å². The zero-order chi connectivity index (χ0) is 13.2. The molecule has 0 saturated heterocycles. The van der Waals surface area contributed by atoms with Crippen molar-refractivity contribution >= 4 is 11.8 Å². The molecule has 0 radical (unpaired) electrons. The summed E-state index contributed by atoms with van der Waals surface area (Å²) in [4.78, 5) is 0. The molecule has 2 saturated carbocycles. The SMILES string of the molecule is CCNC(CC)CSc1nnc(C2CC2)n1C1CC1. The molecule has 106 valence electrons. The van der Waals surface area contributed by atoms with E-state index in [1.807, 2.05) is 11.8 Å². The number of aromatic nitrogens is 3. The largest absolute Gasteiger partial charge is 0.313 e. The van der Waals surface area contributed by atoms with Gasteiger partial charge in [-0.05, 0) is 38.6 Å². The highest BCUT2D eigenvalue weighted by atomic mass is 32.2. The molecule has 0 aliphatic heterocycles. The number of nitrogens with one attached hydrogen (secondary N) is 1. The van der Waals surface area contributed by atoms with Gasteiger partial charge in [-0.25, -0.2) is 0 Å². The summed E-state index contributed by atoms with van der Waals surface area (Å²) in [7, 11) is 0. The van der Waals surface area contributed by atoms with Crippen LogP contribution in [0.4, 0.5) is 0 Å². The van der Waals surface area contributed by atoms with Crippen LogP contribution in [0.2, 0.25) is 0 Å². The highest BCUT2D eigenvalue weighted by Crippen LogP contribution is 2.46. The van der Waals surface area contributed by atoms with Crippen LogP contribution in [0.1, 0.15) is 63.7 Å². The quantitative estimate of drug-likeness (QED) is 0.743. The van der Waals surface area contributed by atoms with Gasteiger partial charge in [-0.1, -0.05) is 25.6 Å². The van der Waals surface area contributed by atoms with Gasteiger partial charge in [0.1, 0.15) is 5.82 Å². The maximum atomic E-state index is 4.46. The van der Waals surface area contributed by atoms with Crippen molar-refractivity contribution in [2.75, 3.05) is 12.3 Å². The zero-order valence-electron chi connectivity index (χ0n) is 11.9. The fourth-order valence-corrected chi connectivity index (χ4v) is 3.65. The zero-order valence-corrected chi connectivity index (χ0v) is 12.7. The molecule has 3 rings (SSSR count). The Balaban J connectivity index is 1.66. The third kappa shape index (κ3) is 3.14. The normalized spacial score (nSPS) is 20.7. The van der Waals surface area contributed by atoms with E-state index in [0.29, 0.717) is 18.0 Å². The first kappa shape index (κ1) is 13.4. The minimum atomic E-state index is 0.587. The summed E-state index contributed by atoms with van der Waals surface area (Å²) in [6, 6.07) is 1.29. The van der Waals surface area contributed by atoms with Crippen molar-refractivity contribution in [3.63, 3.8) is 0 Å². The standard InChI is InChI=1S/C14H24N4S/c1-3-11(15-4-2)9-19-14-17-16-13(10-5-6-10)18(14)12-7-8-12/h10-12,15H,3-9H2,1-2H3. The van der Waals surface area contributed by atoms with Crippen molar-refractivity contribution in [1.82, 2.24) is 20.1 Å². The molecule has 1 aromatic rings. The predicted octanol–water partition coefficient (Wildman–Crippen LogP) is 2.97. The van der Waals surface area contributed by atoms with Gasteiger partial charge in [-0.15, -0.1) is 10.2 Å². The Bertz CT molecular complexity index is 423. The lowest BCUT2D eigenvalue weighted by molar-refractivity contribution is 0.558. The fraction of sp³-hybridized carbons (Fsp3) is 0.857. The van der Waals surface area contributed by atoms with Crippen molar-refractivity contribution in [3.8, 4) is 0 Å². The number of rotatable bonds is 8. The second-order valence-electron chi connectivity index (χ2n) is 5.69. The second kappa shape index (κ2) is 5.83. The summed E-state index contributed by atoms with van der Waals surface area (Å²) in [6.45, 7) is 5.46. The Morgan fingerprint density at radius 1 is 1.26 bits per heavy atom. The van der Waals surface area contributed by atoms with Crippen molar-refractivity contribution in [2.45, 2.75) is 69.1 Å². The molecule has 1 N–H and O–H groups in total. The van der Waals surface area contributed by atoms with Crippen LogP contribution < -0.4 is 5.32 Å². The van der Waals surface area contributed by atoms with Gasteiger partial charge >= 0.3 is 0 Å². The van der Waals surface area contributed by atoms with Crippen LogP contribution in [0.5, 0.6) is 0 Å². The summed E-state index contributed by atoms with van der Waals surface area (Å²) in [5.41, 5.74) is 0. The number of thioether (sulfide) groups is 1. The van der Waals surface area contributed by atoms with Gasteiger partial charge < -0.3 is 9.88 Å². The first-order valence-corrected chi connectivity index (χ1v) is 8.63. The minimum absolute atomic E-state index is 0.587. The van der Waals surface area contributed by atoms with E-state index in [1.54, 1.807) is 0 Å². The number of nitrogens with zero attached hydrogens (tertiary/aromatic N) is 3. The van der Waals surface area contributed by atoms with Gasteiger partial charge in [0.15, 0.2) is 5.16 Å². The summed E-state index contributed by atoms with van der Waals surface area (Å²) in [6.07, 6.45) is 6.42. The summed E-state index contributed by atoms with van der Waals surface area (Å²) in [5, 5.41) is 13.6. The molecule has 1 atom stereocenters. The van der Waals surface area contributed by atoms with Crippen LogP contribution in [0.15, 0.2) is 5.16 Å². The Morgan fingerprint density at radius 2 is 2.05 bits per heavy atom. The Hall–Kier alpha value is -0.550.